The molecule has 0 aliphatic heterocycles. The SMILES string of the molecule is COC1CC(NC(=O)NC(CO)C(=O)O)C1(C)C. The van der Waals surface area contributed by atoms with E-state index in [1.165, 1.54) is 0 Å². The number of methoxy groups -OCH3 is 1. The summed E-state index contributed by atoms with van der Waals surface area (Å²) in [5, 5.41) is 22.4. The van der Waals surface area contributed by atoms with Gasteiger partial charge < -0.3 is 25.6 Å². The molecule has 0 heterocycles. The minimum atomic E-state index is -1.29. The third kappa shape index (κ3) is 2.91. The number of hydrogen-bond donors (Lipinski definition) is 4. The average molecular weight is 260 g/mol. The number of rotatable bonds is 5. The Balaban J connectivity index is 2.45. The fourth-order valence-electron chi connectivity index (χ4n) is 2.07. The topological polar surface area (TPSA) is 108 Å². The lowest BCUT2D eigenvalue weighted by Gasteiger charge is -2.51. The van der Waals surface area contributed by atoms with E-state index in [-0.39, 0.29) is 17.6 Å². The number of carboxylic acid groups (broad SMARTS) is 1. The smallest absolute Gasteiger partial charge is 0.328 e. The summed E-state index contributed by atoms with van der Waals surface area (Å²) in [4.78, 5) is 22.2. The molecule has 1 aliphatic carbocycles. The normalized spacial score (nSPS) is 26.9. The van der Waals surface area contributed by atoms with Crippen LogP contribution in [-0.2, 0) is 9.53 Å². The molecule has 0 aromatic heterocycles. The van der Waals surface area contributed by atoms with Gasteiger partial charge in [0.05, 0.1) is 12.7 Å². The third-order valence-electron chi connectivity index (χ3n) is 3.55. The Morgan fingerprint density at radius 3 is 2.50 bits per heavy atom. The van der Waals surface area contributed by atoms with Crippen LogP contribution in [0.15, 0.2) is 0 Å². The van der Waals surface area contributed by atoms with Crippen molar-refractivity contribution in [3.05, 3.63) is 0 Å². The van der Waals surface area contributed by atoms with Crippen molar-refractivity contribution in [3.63, 3.8) is 0 Å². The Hall–Kier alpha value is -1.34. The lowest BCUT2D eigenvalue weighted by molar-refractivity contribution is -0.140. The molecule has 3 unspecified atom stereocenters. The number of carbonyl (C=O) groups excluding carboxylic acids is 1. The molecule has 0 saturated heterocycles. The Morgan fingerprint density at radius 1 is 1.50 bits per heavy atom. The molecule has 0 radical (unpaired) electrons. The van der Waals surface area contributed by atoms with Gasteiger partial charge in [0.2, 0.25) is 0 Å². The Kier molecular flexibility index (Phi) is 4.53. The molecule has 1 aliphatic rings. The number of amides is 2. The molecule has 1 rings (SSSR count). The molecule has 4 N–H and O–H groups in total. The minimum absolute atomic E-state index is 0.0735. The molecule has 3 atom stereocenters. The predicted molar refractivity (Wildman–Crippen MR) is 63.2 cm³/mol. The molecule has 7 nitrogen and oxygen atoms in total. The maximum atomic E-state index is 11.6. The number of carbonyl (C=O) groups is 2. The number of ether oxygens (including phenoxy) is 1. The second-order valence-corrected chi connectivity index (χ2v) is 5.03. The number of urea groups is 1. The zero-order valence-corrected chi connectivity index (χ0v) is 10.8. The van der Waals surface area contributed by atoms with Crippen LogP contribution in [0.4, 0.5) is 4.79 Å². The van der Waals surface area contributed by atoms with Gasteiger partial charge in [0.1, 0.15) is 0 Å². The van der Waals surface area contributed by atoms with Crippen molar-refractivity contribution in [2.45, 2.75) is 38.5 Å². The first kappa shape index (κ1) is 14.7. The fourth-order valence-corrected chi connectivity index (χ4v) is 2.07. The molecule has 18 heavy (non-hydrogen) atoms. The van der Waals surface area contributed by atoms with Crippen molar-refractivity contribution in [3.8, 4) is 0 Å². The van der Waals surface area contributed by atoms with Gasteiger partial charge in [0.15, 0.2) is 6.04 Å². The highest BCUT2D eigenvalue weighted by molar-refractivity contribution is 5.82. The molecule has 7 heteroatoms. The maximum Gasteiger partial charge on any atom is 0.328 e. The van der Waals surface area contributed by atoms with E-state index in [9.17, 15) is 9.59 Å². The van der Waals surface area contributed by atoms with Crippen molar-refractivity contribution in [1.82, 2.24) is 10.6 Å². The Morgan fingerprint density at radius 2 is 2.11 bits per heavy atom. The second kappa shape index (κ2) is 5.53. The molecule has 2 amide bonds. The molecule has 1 fully saturated rings. The first-order valence-electron chi connectivity index (χ1n) is 5.76. The summed E-state index contributed by atoms with van der Waals surface area (Å²) in [6.45, 7) is 3.30. The van der Waals surface area contributed by atoms with Crippen LogP contribution in [-0.4, -0.2) is 54.1 Å². The van der Waals surface area contributed by atoms with Gasteiger partial charge in [0.25, 0.3) is 0 Å². The molecule has 0 aromatic rings. The zero-order valence-electron chi connectivity index (χ0n) is 10.8. The van der Waals surface area contributed by atoms with Gasteiger partial charge >= 0.3 is 12.0 Å². The summed E-state index contributed by atoms with van der Waals surface area (Å²) in [6, 6.07) is -1.95. The van der Waals surface area contributed by atoms with Crippen molar-refractivity contribution in [2.75, 3.05) is 13.7 Å². The number of nitrogens with one attached hydrogen (secondary N) is 2. The van der Waals surface area contributed by atoms with Gasteiger partial charge in [-0.3, -0.25) is 0 Å². The zero-order chi connectivity index (χ0) is 13.9. The summed E-state index contributed by atoms with van der Waals surface area (Å²) in [5.74, 6) is -1.27. The van der Waals surface area contributed by atoms with Gasteiger partial charge in [-0.05, 0) is 6.42 Å². The summed E-state index contributed by atoms with van der Waals surface area (Å²) >= 11 is 0. The van der Waals surface area contributed by atoms with Gasteiger partial charge in [-0.25, -0.2) is 9.59 Å². The number of carboxylic acids is 1. The summed E-state index contributed by atoms with van der Waals surface area (Å²) in [5.41, 5.74) is -0.190. The first-order chi connectivity index (χ1) is 8.32. The number of aliphatic carboxylic acids is 1. The standard InChI is InChI=1S/C11H20N2O5/c1-11(2)7(4-8(11)18-3)13-10(17)12-6(5-14)9(15)16/h6-8,14H,4-5H2,1-3H3,(H,15,16)(H2,12,13,17). The van der Waals surface area contributed by atoms with Crippen molar-refractivity contribution in [2.24, 2.45) is 5.41 Å². The van der Waals surface area contributed by atoms with Crippen LogP contribution in [0.5, 0.6) is 0 Å². The fraction of sp³-hybridized carbons (Fsp3) is 0.818. The van der Waals surface area contributed by atoms with E-state index in [4.69, 9.17) is 14.9 Å². The van der Waals surface area contributed by atoms with Gasteiger partial charge in [-0.15, -0.1) is 0 Å². The van der Waals surface area contributed by atoms with Gasteiger partial charge in [0, 0.05) is 18.6 Å². The average Bonchev–Trinajstić information content (AvgIpc) is 2.30. The van der Waals surface area contributed by atoms with E-state index in [1.807, 2.05) is 13.8 Å². The second-order valence-electron chi connectivity index (χ2n) is 5.03. The molecular formula is C11H20N2O5. The molecule has 0 spiro atoms. The van der Waals surface area contributed by atoms with E-state index >= 15 is 0 Å². The Labute approximate surface area is 106 Å². The van der Waals surface area contributed by atoms with Gasteiger partial charge in [-0.1, -0.05) is 13.8 Å². The number of aliphatic hydroxyl groups is 1. The summed E-state index contributed by atoms with van der Waals surface area (Å²) in [7, 11) is 1.62. The molecular weight excluding hydrogens is 240 g/mol. The van der Waals surface area contributed by atoms with E-state index in [1.54, 1.807) is 7.11 Å². The lowest BCUT2D eigenvalue weighted by atomic mass is 9.64. The maximum absolute atomic E-state index is 11.6. The summed E-state index contributed by atoms with van der Waals surface area (Å²) in [6.07, 6.45) is 0.768. The van der Waals surface area contributed by atoms with Crippen molar-refractivity contribution < 1.29 is 24.5 Å². The largest absolute Gasteiger partial charge is 0.480 e. The van der Waals surface area contributed by atoms with Crippen LogP contribution in [0, 0.1) is 5.41 Å². The Bertz CT molecular complexity index is 331. The van der Waals surface area contributed by atoms with Crippen molar-refractivity contribution in [1.29, 1.82) is 0 Å². The quantitative estimate of drug-likeness (QED) is 0.535. The molecule has 0 aromatic carbocycles. The van der Waals surface area contributed by atoms with Crippen LogP contribution in [0.3, 0.4) is 0 Å². The highest BCUT2D eigenvalue weighted by Gasteiger charge is 2.49. The highest BCUT2D eigenvalue weighted by atomic mass is 16.5. The van der Waals surface area contributed by atoms with Crippen LogP contribution in [0.25, 0.3) is 0 Å². The molecule has 1 saturated carbocycles. The highest BCUT2D eigenvalue weighted by Crippen LogP contribution is 2.42. The third-order valence-corrected chi connectivity index (χ3v) is 3.55. The molecule has 0 bridgehead atoms. The number of hydrogen-bond acceptors (Lipinski definition) is 4. The van der Waals surface area contributed by atoms with Crippen LogP contribution in [0.1, 0.15) is 20.3 Å². The van der Waals surface area contributed by atoms with Crippen LogP contribution >= 0.6 is 0 Å². The first-order valence-corrected chi connectivity index (χ1v) is 5.76. The summed E-state index contributed by atoms with van der Waals surface area (Å²) < 4.78 is 5.25. The lowest BCUT2D eigenvalue weighted by Crippen LogP contribution is -2.64. The van der Waals surface area contributed by atoms with E-state index < -0.39 is 24.6 Å². The van der Waals surface area contributed by atoms with Crippen LogP contribution in [0.2, 0.25) is 0 Å². The minimum Gasteiger partial charge on any atom is -0.480 e. The number of aliphatic hydroxyl groups excluding tert-OH is 1. The van der Waals surface area contributed by atoms with E-state index in [2.05, 4.69) is 10.6 Å². The monoisotopic (exact) mass is 260 g/mol. The van der Waals surface area contributed by atoms with Crippen LogP contribution < -0.4 is 10.6 Å². The predicted octanol–water partition coefficient (Wildman–Crippen LogP) is -0.455. The molecule has 104 valence electrons. The van der Waals surface area contributed by atoms with Gasteiger partial charge in [-0.2, -0.15) is 0 Å². The van der Waals surface area contributed by atoms with E-state index in [0.29, 0.717) is 6.42 Å². The van der Waals surface area contributed by atoms with E-state index in [0.717, 1.165) is 0 Å². The van der Waals surface area contributed by atoms with Crippen molar-refractivity contribution >= 4 is 12.0 Å².